The van der Waals surface area contributed by atoms with Crippen molar-refractivity contribution in [2.75, 3.05) is 5.32 Å². The van der Waals surface area contributed by atoms with Crippen LogP contribution in [0.5, 0.6) is 0 Å². The van der Waals surface area contributed by atoms with Crippen LogP contribution in [0.3, 0.4) is 0 Å². The number of benzene rings is 2. The molecule has 8 nitrogen and oxygen atoms in total. The number of hydrogen-bond acceptors (Lipinski definition) is 6. The molecule has 0 saturated heterocycles. The highest BCUT2D eigenvalue weighted by atomic mass is 35.5. The number of carbonyl (C=O) groups is 2. The van der Waals surface area contributed by atoms with Gasteiger partial charge in [-0.3, -0.25) is 4.79 Å². The lowest BCUT2D eigenvalue weighted by molar-refractivity contribution is -0.123. The van der Waals surface area contributed by atoms with E-state index in [2.05, 4.69) is 15.5 Å². The number of nitrogens with one attached hydrogen (secondary N) is 1. The van der Waals surface area contributed by atoms with Crippen LogP contribution in [0.1, 0.15) is 28.7 Å². The Bertz CT molecular complexity index is 1120. The number of amides is 1. The minimum atomic E-state index is -1.11. The zero-order valence-corrected chi connectivity index (χ0v) is 16.3. The van der Waals surface area contributed by atoms with E-state index in [1.165, 1.54) is 11.7 Å². The standard InChI is InChI=1S/C20H16ClN5O3/c1-12-18(25-26(24-12)16-8-5-7-15(21)10-16)20(28)29-13(2)19(27)23-17-9-4-3-6-14(17)11-22/h3-10,13H,1-2H3,(H,23,27)/t13-/m1/s1. The minimum Gasteiger partial charge on any atom is -0.448 e. The number of hydrogen-bond donors (Lipinski definition) is 1. The number of nitrogens with zero attached hydrogens (tertiary/aromatic N) is 4. The molecule has 0 spiro atoms. The normalized spacial score (nSPS) is 11.4. The summed E-state index contributed by atoms with van der Waals surface area (Å²) < 4.78 is 5.22. The Balaban J connectivity index is 1.71. The van der Waals surface area contributed by atoms with Gasteiger partial charge in [0, 0.05) is 5.02 Å². The van der Waals surface area contributed by atoms with Gasteiger partial charge in [0.15, 0.2) is 11.8 Å². The zero-order chi connectivity index (χ0) is 21.0. The molecule has 0 fully saturated rings. The molecule has 1 atom stereocenters. The summed E-state index contributed by atoms with van der Waals surface area (Å²) in [7, 11) is 0. The highest BCUT2D eigenvalue weighted by Gasteiger charge is 2.24. The van der Waals surface area contributed by atoms with Crippen LogP contribution < -0.4 is 5.32 Å². The quantitative estimate of drug-likeness (QED) is 0.647. The van der Waals surface area contributed by atoms with Crippen LogP contribution in [0.25, 0.3) is 5.69 Å². The van der Waals surface area contributed by atoms with Crippen LogP contribution in [-0.4, -0.2) is 33.0 Å². The summed E-state index contributed by atoms with van der Waals surface area (Å²) >= 11 is 5.97. The summed E-state index contributed by atoms with van der Waals surface area (Å²) in [6.45, 7) is 3.04. The summed E-state index contributed by atoms with van der Waals surface area (Å²) in [6.07, 6.45) is -1.11. The molecule has 146 valence electrons. The third kappa shape index (κ3) is 4.59. The molecular formula is C20H16ClN5O3. The number of para-hydroxylation sites is 1. The molecule has 1 N–H and O–H groups in total. The van der Waals surface area contributed by atoms with Gasteiger partial charge in [-0.2, -0.15) is 15.2 Å². The van der Waals surface area contributed by atoms with Crippen LogP contribution in [-0.2, 0) is 9.53 Å². The number of aromatic nitrogens is 3. The third-order valence-electron chi connectivity index (χ3n) is 3.97. The monoisotopic (exact) mass is 409 g/mol. The van der Waals surface area contributed by atoms with Crippen molar-refractivity contribution >= 4 is 29.2 Å². The molecule has 0 unspecified atom stereocenters. The molecule has 1 aromatic heterocycles. The van der Waals surface area contributed by atoms with Crippen molar-refractivity contribution in [1.82, 2.24) is 15.0 Å². The third-order valence-corrected chi connectivity index (χ3v) is 4.21. The molecule has 29 heavy (non-hydrogen) atoms. The molecule has 2 aromatic carbocycles. The molecular weight excluding hydrogens is 394 g/mol. The Kier molecular flexibility index (Phi) is 5.90. The van der Waals surface area contributed by atoms with Crippen molar-refractivity contribution in [3.63, 3.8) is 0 Å². The Hall–Kier alpha value is -3.70. The fraction of sp³-hybridized carbons (Fsp3) is 0.150. The molecule has 0 aliphatic rings. The van der Waals surface area contributed by atoms with E-state index >= 15 is 0 Å². The van der Waals surface area contributed by atoms with Crippen molar-refractivity contribution in [2.24, 2.45) is 0 Å². The van der Waals surface area contributed by atoms with Gasteiger partial charge < -0.3 is 10.1 Å². The van der Waals surface area contributed by atoms with Crippen LogP contribution >= 0.6 is 11.6 Å². The highest BCUT2D eigenvalue weighted by Crippen LogP contribution is 2.16. The van der Waals surface area contributed by atoms with E-state index in [9.17, 15) is 9.59 Å². The fourth-order valence-corrected chi connectivity index (χ4v) is 2.66. The first kappa shape index (κ1) is 20.0. The summed E-state index contributed by atoms with van der Waals surface area (Å²) in [5.41, 5.74) is 1.56. The summed E-state index contributed by atoms with van der Waals surface area (Å²) in [5, 5.41) is 20.5. The molecule has 3 rings (SSSR count). The van der Waals surface area contributed by atoms with Crippen molar-refractivity contribution in [3.05, 3.63) is 70.5 Å². The van der Waals surface area contributed by atoms with Crippen LogP contribution in [0.15, 0.2) is 48.5 Å². The van der Waals surface area contributed by atoms with E-state index in [-0.39, 0.29) is 5.69 Å². The predicted molar refractivity (Wildman–Crippen MR) is 106 cm³/mol. The van der Waals surface area contributed by atoms with Crippen molar-refractivity contribution in [1.29, 1.82) is 5.26 Å². The zero-order valence-electron chi connectivity index (χ0n) is 15.6. The van der Waals surface area contributed by atoms with Gasteiger partial charge >= 0.3 is 5.97 Å². The Morgan fingerprint density at radius 1 is 1.21 bits per heavy atom. The molecule has 9 heteroatoms. The first-order valence-corrected chi connectivity index (χ1v) is 8.97. The van der Waals surface area contributed by atoms with Gasteiger partial charge in [-0.1, -0.05) is 29.8 Å². The first-order valence-electron chi connectivity index (χ1n) is 8.60. The van der Waals surface area contributed by atoms with E-state index < -0.39 is 18.0 Å². The van der Waals surface area contributed by atoms with E-state index in [1.54, 1.807) is 55.5 Å². The summed E-state index contributed by atoms with van der Waals surface area (Å²) in [6, 6.07) is 15.4. The van der Waals surface area contributed by atoms with Crippen molar-refractivity contribution in [2.45, 2.75) is 20.0 Å². The lowest BCUT2D eigenvalue weighted by Gasteiger charge is -2.13. The molecule has 0 aliphatic carbocycles. The number of esters is 1. The number of anilines is 1. The second-order valence-electron chi connectivity index (χ2n) is 6.10. The van der Waals surface area contributed by atoms with Gasteiger partial charge in [0.1, 0.15) is 6.07 Å². The molecule has 3 aromatic rings. The number of nitriles is 1. The molecule has 0 saturated carbocycles. The largest absolute Gasteiger partial charge is 0.448 e. The summed E-state index contributed by atoms with van der Waals surface area (Å²) in [4.78, 5) is 26.1. The second kappa shape index (κ2) is 8.54. The van der Waals surface area contributed by atoms with Gasteiger partial charge in [-0.15, -0.1) is 5.10 Å². The van der Waals surface area contributed by atoms with Crippen LogP contribution in [0.4, 0.5) is 5.69 Å². The first-order chi connectivity index (χ1) is 13.9. The lowest BCUT2D eigenvalue weighted by atomic mass is 10.2. The molecule has 0 bridgehead atoms. The van der Waals surface area contributed by atoms with E-state index in [0.717, 1.165) is 0 Å². The van der Waals surface area contributed by atoms with Gasteiger partial charge in [0.25, 0.3) is 5.91 Å². The lowest BCUT2D eigenvalue weighted by Crippen LogP contribution is -2.30. The molecule has 1 heterocycles. The summed E-state index contributed by atoms with van der Waals surface area (Å²) in [5.74, 6) is -1.35. The van der Waals surface area contributed by atoms with Crippen LogP contribution in [0.2, 0.25) is 5.02 Å². The second-order valence-corrected chi connectivity index (χ2v) is 6.53. The number of aryl methyl sites for hydroxylation is 1. The van der Waals surface area contributed by atoms with Gasteiger partial charge in [-0.05, 0) is 44.2 Å². The maximum absolute atomic E-state index is 12.5. The van der Waals surface area contributed by atoms with Crippen molar-refractivity contribution in [3.8, 4) is 11.8 Å². The molecule has 1 amide bonds. The minimum absolute atomic E-state index is 0.0120. The number of carbonyl (C=O) groups excluding carboxylic acids is 2. The van der Waals surface area contributed by atoms with E-state index in [4.69, 9.17) is 21.6 Å². The Morgan fingerprint density at radius 2 is 1.97 bits per heavy atom. The number of halogens is 1. The smallest absolute Gasteiger partial charge is 0.361 e. The van der Waals surface area contributed by atoms with Gasteiger partial charge in [-0.25, -0.2) is 4.79 Å². The van der Waals surface area contributed by atoms with E-state index in [0.29, 0.717) is 27.7 Å². The van der Waals surface area contributed by atoms with Gasteiger partial charge in [0.2, 0.25) is 0 Å². The molecule has 0 aliphatic heterocycles. The number of ether oxygens (including phenoxy) is 1. The predicted octanol–water partition coefficient (Wildman–Crippen LogP) is 3.28. The topological polar surface area (TPSA) is 110 Å². The maximum atomic E-state index is 12.5. The Morgan fingerprint density at radius 3 is 2.69 bits per heavy atom. The van der Waals surface area contributed by atoms with Gasteiger partial charge in [0.05, 0.1) is 22.6 Å². The van der Waals surface area contributed by atoms with Crippen molar-refractivity contribution < 1.29 is 14.3 Å². The number of rotatable bonds is 5. The highest BCUT2D eigenvalue weighted by molar-refractivity contribution is 6.30. The fourth-order valence-electron chi connectivity index (χ4n) is 2.48. The maximum Gasteiger partial charge on any atom is 0.361 e. The average molecular weight is 410 g/mol. The van der Waals surface area contributed by atoms with Crippen LogP contribution in [0, 0.1) is 18.3 Å². The van der Waals surface area contributed by atoms with E-state index in [1.807, 2.05) is 6.07 Å². The molecule has 0 radical (unpaired) electrons. The SMILES string of the molecule is Cc1nn(-c2cccc(Cl)c2)nc1C(=O)O[C@H](C)C(=O)Nc1ccccc1C#N. The Labute approximate surface area is 171 Å². The average Bonchev–Trinajstić information content (AvgIpc) is 3.10.